The van der Waals surface area contributed by atoms with E-state index < -0.39 is 11.5 Å². The van der Waals surface area contributed by atoms with Crippen LogP contribution in [0.5, 0.6) is 11.5 Å². The van der Waals surface area contributed by atoms with Gasteiger partial charge in [0.05, 0.1) is 14.2 Å². The van der Waals surface area contributed by atoms with Gasteiger partial charge in [0, 0.05) is 0 Å². The van der Waals surface area contributed by atoms with Crippen molar-refractivity contribution >= 4 is 5.97 Å². The molecule has 0 aliphatic heterocycles. The minimum atomic E-state index is -1.19. The van der Waals surface area contributed by atoms with Gasteiger partial charge in [0.15, 0.2) is 11.5 Å². The Morgan fingerprint density at radius 2 is 2.00 bits per heavy atom. The van der Waals surface area contributed by atoms with Crippen molar-refractivity contribution < 1.29 is 19.0 Å². The first kappa shape index (κ1) is 15.3. The number of aryl methyl sites for hydroxylation is 1. The molecule has 0 spiro atoms. The van der Waals surface area contributed by atoms with Crippen molar-refractivity contribution in [1.82, 2.24) is 0 Å². The number of methoxy groups -OCH3 is 2. The maximum Gasteiger partial charge on any atom is 0.329 e. The van der Waals surface area contributed by atoms with Crippen LogP contribution in [-0.4, -0.2) is 32.3 Å². The highest BCUT2D eigenvalue weighted by molar-refractivity contribution is 5.80. The molecule has 0 radical (unpaired) electrons. The maximum atomic E-state index is 11.5. The third kappa shape index (κ3) is 3.86. The van der Waals surface area contributed by atoms with Crippen LogP contribution in [0.15, 0.2) is 18.2 Å². The van der Waals surface area contributed by atoms with Crippen LogP contribution in [0.2, 0.25) is 0 Å². The second-order valence-electron chi connectivity index (χ2n) is 4.54. The number of nitrogens with two attached hydrogens (primary N) is 1. The van der Waals surface area contributed by atoms with Gasteiger partial charge in [0.25, 0.3) is 0 Å². The molecular formula is C14H21NO4. The van der Waals surface area contributed by atoms with E-state index in [9.17, 15) is 4.79 Å². The number of hydrogen-bond donors (Lipinski definition) is 1. The van der Waals surface area contributed by atoms with E-state index in [4.69, 9.17) is 15.2 Å². The first-order valence-corrected chi connectivity index (χ1v) is 6.11. The normalized spacial score (nSPS) is 13.5. The topological polar surface area (TPSA) is 70.8 Å². The molecule has 0 aliphatic carbocycles. The molecule has 0 saturated carbocycles. The molecule has 1 unspecified atom stereocenters. The Morgan fingerprint density at radius 3 is 2.53 bits per heavy atom. The number of carbonyl (C=O) groups is 1. The molecule has 0 fully saturated rings. The third-order valence-electron chi connectivity index (χ3n) is 2.82. The van der Waals surface area contributed by atoms with Gasteiger partial charge in [0.2, 0.25) is 0 Å². The smallest absolute Gasteiger partial charge is 0.329 e. The molecule has 0 amide bonds. The zero-order valence-corrected chi connectivity index (χ0v) is 11.9. The van der Waals surface area contributed by atoms with Gasteiger partial charge >= 0.3 is 5.97 Å². The van der Waals surface area contributed by atoms with Crippen LogP contribution in [0.3, 0.4) is 0 Å². The van der Waals surface area contributed by atoms with Crippen molar-refractivity contribution in [2.45, 2.75) is 25.8 Å². The lowest BCUT2D eigenvalue weighted by Crippen LogP contribution is -2.50. The zero-order valence-electron chi connectivity index (χ0n) is 11.9. The predicted octanol–water partition coefficient (Wildman–Crippen LogP) is 1.53. The summed E-state index contributed by atoms with van der Waals surface area (Å²) in [4.78, 5) is 11.5. The molecule has 106 valence electrons. The van der Waals surface area contributed by atoms with Crippen LogP contribution < -0.4 is 15.2 Å². The van der Waals surface area contributed by atoms with Crippen LogP contribution in [0.4, 0.5) is 0 Å². The standard InChI is InChI=1S/C14H21NO4/c1-5-10-6-7-11(12(8-10)17-3)19-9-14(2,15)13(16)18-4/h6-8H,5,9,15H2,1-4H3. The molecule has 19 heavy (non-hydrogen) atoms. The first-order valence-electron chi connectivity index (χ1n) is 6.11. The summed E-state index contributed by atoms with van der Waals surface area (Å²) in [6, 6.07) is 5.66. The molecule has 1 rings (SSSR count). The van der Waals surface area contributed by atoms with Crippen LogP contribution in [0.1, 0.15) is 19.4 Å². The highest BCUT2D eigenvalue weighted by atomic mass is 16.5. The number of esters is 1. The molecule has 0 aromatic heterocycles. The molecule has 5 heteroatoms. The van der Waals surface area contributed by atoms with Crippen molar-refractivity contribution in [3.63, 3.8) is 0 Å². The second kappa shape index (κ2) is 6.43. The fourth-order valence-electron chi connectivity index (χ4n) is 1.57. The second-order valence-corrected chi connectivity index (χ2v) is 4.54. The monoisotopic (exact) mass is 267 g/mol. The summed E-state index contributed by atoms with van der Waals surface area (Å²) in [6.07, 6.45) is 0.910. The quantitative estimate of drug-likeness (QED) is 0.791. The fraction of sp³-hybridized carbons (Fsp3) is 0.500. The lowest BCUT2D eigenvalue weighted by atomic mass is 10.1. The minimum absolute atomic E-state index is 0.0154. The van der Waals surface area contributed by atoms with Crippen molar-refractivity contribution in [3.05, 3.63) is 23.8 Å². The Labute approximate surface area is 113 Å². The number of ether oxygens (including phenoxy) is 3. The number of rotatable bonds is 6. The van der Waals surface area contributed by atoms with E-state index in [2.05, 4.69) is 11.7 Å². The average Bonchev–Trinajstić information content (AvgIpc) is 2.43. The van der Waals surface area contributed by atoms with E-state index in [-0.39, 0.29) is 6.61 Å². The van der Waals surface area contributed by atoms with E-state index >= 15 is 0 Å². The van der Waals surface area contributed by atoms with E-state index in [1.807, 2.05) is 18.2 Å². The predicted molar refractivity (Wildman–Crippen MR) is 72.5 cm³/mol. The van der Waals surface area contributed by atoms with E-state index in [1.165, 1.54) is 7.11 Å². The lowest BCUT2D eigenvalue weighted by Gasteiger charge is -2.22. The zero-order chi connectivity index (χ0) is 14.5. The SMILES string of the molecule is CCc1ccc(OCC(C)(N)C(=O)OC)c(OC)c1. The van der Waals surface area contributed by atoms with Gasteiger partial charge in [-0.05, 0) is 31.0 Å². The largest absolute Gasteiger partial charge is 0.493 e. The van der Waals surface area contributed by atoms with Gasteiger partial charge < -0.3 is 19.9 Å². The highest BCUT2D eigenvalue weighted by Crippen LogP contribution is 2.28. The molecule has 1 atom stereocenters. The van der Waals surface area contributed by atoms with E-state index in [1.54, 1.807) is 14.0 Å². The van der Waals surface area contributed by atoms with Gasteiger partial charge in [-0.1, -0.05) is 13.0 Å². The van der Waals surface area contributed by atoms with Crippen molar-refractivity contribution in [3.8, 4) is 11.5 Å². The van der Waals surface area contributed by atoms with E-state index in [0.29, 0.717) is 11.5 Å². The number of hydrogen-bond acceptors (Lipinski definition) is 5. The van der Waals surface area contributed by atoms with E-state index in [0.717, 1.165) is 12.0 Å². The fourth-order valence-corrected chi connectivity index (χ4v) is 1.57. The third-order valence-corrected chi connectivity index (χ3v) is 2.82. The Bertz CT molecular complexity index is 443. The van der Waals surface area contributed by atoms with Crippen molar-refractivity contribution in [2.75, 3.05) is 20.8 Å². The number of benzene rings is 1. The molecular weight excluding hydrogens is 246 g/mol. The summed E-state index contributed by atoms with van der Waals surface area (Å²) >= 11 is 0. The Hall–Kier alpha value is -1.75. The lowest BCUT2D eigenvalue weighted by molar-refractivity contribution is -0.147. The minimum Gasteiger partial charge on any atom is -0.493 e. The average molecular weight is 267 g/mol. The van der Waals surface area contributed by atoms with Gasteiger partial charge in [-0.25, -0.2) is 4.79 Å². The molecule has 5 nitrogen and oxygen atoms in total. The van der Waals surface area contributed by atoms with Crippen molar-refractivity contribution in [1.29, 1.82) is 0 Å². The summed E-state index contributed by atoms with van der Waals surface area (Å²) in [5, 5.41) is 0. The Kier molecular flexibility index (Phi) is 5.18. The van der Waals surface area contributed by atoms with Gasteiger partial charge in [-0.15, -0.1) is 0 Å². The van der Waals surface area contributed by atoms with Gasteiger partial charge in [-0.2, -0.15) is 0 Å². The van der Waals surface area contributed by atoms with Crippen LogP contribution in [0, 0.1) is 0 Å². The Balaban J connectivity index is 2.80. The summed E-state index contributed by atoms with van der Waals surface area (Å²) in [6.45, 7) is 3.64. The van der Waals surface area contributed by atoms with Crippen LogP contribution in [0.25, 0.3) is 0 Å². The molecule has 0 bridgehead atoms. The highest BCUT2D eigenvalue weighted by Gasteiger charge is 2.30. The van der Waals surface area contributed by atoms with Crippen LogP contribution in [-0.2, 0) is 16.0 Å². The molecule has 0 saturated heterocycles. The molecule has 0 heterocycles. The first-order chi connectivity index (χ1) is 8.94. The van der Waals surface area contributed by atoms with Crippen LogP contribution >= 0.6 is 0 Å². The van der Waals surface area contributed by atoms with Crippen molar-refractivity contribution in [2.24, 2.45) is 5.73 Å². The van der Waals surface area contributed by atoms with Gasteiger partial charge in [-0.3, -0.25) is 0 Å². The maximum absolute atomic E-state index is 11.5. The summed E-state index contributed by atoms with van der Waals surface area (Å²) < 4.78 is 15.4. The summed E-state index contributed by atoms with van der Waals surface area (Å²) in [5.41, 5.74) is 5.78. The van der Waals surface area contributed by atoms with Gasteiger partial charge in [0.1, 0.15) is 12.1 Å². The molecule has 1 aromatic carbocycles. The summed E-state index contributed by atoms with van der Waals surface area (Å²) in [5.74, 6) is 0.664. The molecule has 2 N–H and O–H groups in total. The summed E-state index contributed by atoms with van der Waals surface area (Å²) in [7, 11) is 2.87. The molecule has 1 aromatic rings. The number of carbonyl (C=O) groups excluding carboxylic acids is 1. The molecule has 0 aliphatic rings. The Morgan fingerprint density at radius 1 is 1.32 bits per heavy atom.